The molecule has 8 nitrogen and oxygen atoms in total. The van der Waals surface area contributed by atoms with E-state index in [1.165, 1.54) is 0 Å². The maximum Gasteiger partial charge on any atom is 0.326 e. The van der Waals surface area contributed by atoms with Crippen LogP contribution in [0.5, 0.6) is 0 Å². The number of hydrogen-bond acceptors (Lipinski definition) is 3. The zero-order valence-corrected chi connectivity index (χ0v) is 18.2. The molecule has 0 aliphatic carbocycles. The largest absolute Gasteiger partial charge is 0.480 e. The lowest BCUT2D eigenvalue weighted by Crippen LogP contribution is -2.44. The number of rotatable bonds is 7. The van der Waals surface area contributed by atoms with Gasteiger partial charge in [0, 0.05) is 22.1 Å². The third-order valence-corrected chi connectivity index (χ3v) is 4.92. The molecule has 2 aromatic carbocycles. The van der Waals surface area contributed by atoms with Crippen molar-refractivity contribution in [3.63, 3.8) is 0 Å². The quantitative estimate of drug-likeness (QED) is 0.351. The molecule has 1 heterocycles. The number of anilines is 2. The van der Waals surface area contributed by atoms with Gasteiger partial charge in [-0.05, 0) is 53.9 Å². The molecule has 3 amide bonds. The lowest BCUT2D eigenvalue weighted by atomic mass is 10.0. The minimum atomic E-state index is -1.08. The van der Waals surface area contributed by atoms with Crippen molar-refractivity contribution in [3.8, 4) is 11.3 Å². The second-order valence-corrected chi connectivity index (χ2v) is 7.92. The number of carboxylic acids is 1. The molecule has 0 aliphatic rings. The van der Waals surface area contributed by atoms with E-state index in [9.17, 15) is 19.5 Å². The van der Waals surface area contributed by atoms with Gasteiger partial charge in [-0.2, -0.15) is 0 Å². The first kappa shape index (κ1) is 22.9. The molecule has 166 valence electrons. The zero-order chi connectivity index (χ0) is 23.3. The Kier molecular flexibility index (Phi) is 7.17. The average Bonchev–Trinajstić information content (AvgIpc) is 3.22. The number of benzene rings is 2. The van der Waals surface area contributed by atoms with Gasteiger partial charge < -0.3 is 26.0 Å². The van der Waals surface area contributed by atoms with Crippen molar-refractivity contribution in [1.29, 1.82) is 0 Å². The van der Waals surface area contributed by atoms with E-state index < -0.39 is 23.9 Å². The second kappa shape index (κ2) is 10.0. The Labute approximate surface area is 190 Å². The molecule has 5 N–H and O–H groups in total. The Morgan fingerprint density at radius 2 is 1.62 bits per heavy atom. The summed E-state index contributed by atoms with van der Waals surface area (Å²) in [7, 11) is 0. The highest BCUT2D eigenvalue weighted by Crippen LogP contribution is 2.22. The predicted octanol–water partition coefficient (Wildman–Crippen LogP) is 4.82. The number of nitrogens with one attached hydrogen (secondary N) is 4. The fourth-order valence-electron chi connectivity index (χ4n) is 3.02. The highest BCUT2D eigenvalue weighted by atomic mass is 35.5. The molecule has 0 aliphatic heterocycles. The van der Waals surface area contributed by atoms with Crippen molar-refractivity contribution < 1.29 is 19.5 Å². The minimum absolute atomic E-state index is 0.248. The van der Waals surface area contributed by atoms with Gasteiger partial charge in [-0.3, -0.25) is 4.79 Å². The fourth-order valence-corrected chi connectivity index (χ4v) is 3.21. The van der Waals surface area contributed by atoms with Gasteiger partial charge in [-0.25, -0.2) is 9.59 Å². The van der Waals surface area contributed by atoms with Crippen LogP contribution in [0.25, 0.3) is 11.3 Å². The van der Waals surface area contributed by atoms with Crippen LogP contribution in [0, 0.1) is 5.92 Å². The maximum absolute atomic E-state index is 12.4. The third-order valence-electron chi connectivity index (χ3n) is 4.69. The smallest absolute Gasteiger partial charge is 0.326 e. The number of amides is 3. The van der Waals surface area contributed by atoms with E-state index in [0.717, 1.165) is 5.56 Å². The highest BCUT2D eigenvalue weighted by molar-refractivity contribution is 6.30. The molecule has 0 saturated heterocycles. The van der Waals surface area contributed by atoms with Crippen LogP contribution in [0.2, 0.25) is 5.02 Å². The molecule has 3 aromatic rings. The predicted molar refractivity (Wildman–Crippen MR) is 124 cm³/mol. The van der Waals surface area contributed by atoms with Gasteiger partial charge >= 0.3 is 12.0 Å². The number of carbonyl (C=O) groups excluding carboxylic acids is 2. The van der Waals surface area contributed by atoms with Crippen LogP contribution < -0.4 is 16.0 Å². The first-order valence-electron chi connectivity index (χ1n) is 9.89. The number of urea groups is 1. The summed E-state index contributed by atoms with van der Waals surface area (Å²) in [6.07, 6.45) is 0. The van der Waals surface area contributed by atoms with Gasteiger partial charge in [0.15, 0.2) is 0 Å². The number of carboxylic acid groups (broad SMARTS) is 1. The monoisotopic (exact) mass is 454 g/mol. The van der Waals surface area contributed by atoms with E-state index in [0.29, 0.717) is 22.1 Å². The zero-order valence-electron chi connectivity index (χ0n) is 17.5. The Balaban J connectivity index is 1.62. The van der Waals surface area contributed by atoms with E-state index >= 15 is 0 Å². The molecule has 9 heteroatoms. The topological polar surface area (TPSA) is 123 Å². The molecule has 32 heavy (non-hydrogen) atoms. The number of aromatic nitrogens is 1. The standard InChI is InChI=1S/C23H23ClN4O4/c1-13(2)20(22(30)31)28-21(29)19-11-10-18(27-19)14-6-8-16(9-7-14)25-23(32)26-17-5-3-4-15(24)12-17/h3-13,20,27H,1-2H3,(H,28,29)(H,30,31)(H2,25,26,32)/t20-/m0/s1. The average molecular weight is 455 g/mol. The molecular weight excluding hydrogens is 432 g/mol. The maximum atomic E-state index is 12.4. The van der Waals surface area contributed by atoms with Crippen LogP contribution in [0.1, 0.15) is 24.3 Å². The SMILES string of the molecule is CC(C)[C@H](NC(=O)c1ccc(-c2ccc(NC(=O)Nc3cccc(Cl)c3)cc2)[nH]1)C(=O)O. The number of H-pyrrole nitrogens is 1. The molecule has 0 unspecified atom stereocenters. The summed E-state index contributed by atoms with van der Waals surface area (Å²) >= 11 is 5.91. The van der Waals surface area contributed by atoms with Crippen LogP contribution in [-0.2, 0) is 4.79 Å². The summed E-state index contributed by atoms with van der Waals surface area (Å²) in [6, 6.07) is 15.8. The van der Waals surface area contributed by atoms with Crippen LogP contribution in [0.15, 0.2) is 60.7 Å². The van der Waals surface area contributed by atoms with Crippen molar-refractivity contribution >= 4 is 40.9 Å². The molecule has 1 aromatic heterocycles. The van der Waals surface area contributed by atoms with E-state index in [1.54, 1.807) is 74.5 Å². The first-order valence-corrected chi connectivity index (χ1v) is 10.3. The number of hydrogen-bond donors (Lipinski definition) is 5. The van der Waals surface area contributed by atoms with Gasteiger partial charge in [0.25, 0.3) is 5.91 Å². The van der Waals surface area contributed by atoms with Crippen molar-refractivity contribution in [2.75, 3.05) is 10.6 Å². The fraction of sp³-hybridized carbons (Fsp3) is 0.174. The summed E-state index contributed by atoms with van der Waals surface area (Å²) in [4.78, 5) is 38.8. The Hall–Kier alpha value is -3.78. The lowest BCUT2D eigenvalue weighted by molar-refractivity contribution is -0.140. The number of halogens is 1. The Morgan fingerprint density at radius 3 is 2.25 bits per heavy atom. The van der Waals surface area contributed by atoms with Crippen molar-refractivity contribution in [1.82, 2.24) is 10.3 Å². The molecule has 0 bridgehead atoms. The Bertz CT molecular complexity index is 1130. The summed E-state index contributed by atoms with van der Waals surface area (Å²) in [5.74, 6) is -1.82. The molecule has 0 radical (unpaired) electrons. The van der Waals surface area contributed by atoms with Gasteiger partial charge in [0.1, 0.15) is 11.7 Å². The van der Waals surface area contributed by atoms with Gasteiger partial charge in [-0.1, -0.05) is 43.6 Å². The molecule has 0 saturated carbocycles. The lowest BCUT2D eigenvalue weighted by Gasteiger charge is -2.17. The van der Waals surface area contributed by atoms with Gasteiger partial charge in [-0.15, -0.1) is 0 Å². The number of carbonyl (C=O) groups is 3. The summed E-state index contributed by atoms with van der Waals surface area (Å²) in [6.45, 7) is 3.45. The molecule has 0 spiro atoms. The van der Waals surface area contributed by atoms with Crippen molar-refractivity contribution in [3.05, 3.63) is 71.4 Å². The van der Waals surface area contributed by atoms with Crippen LogP contribution >= 0.6 is 11.6 Å². The van der Waals surface area contributed by atoms with Gasteiger partial charge in [0.05, 0.1) is 0 Å². The van der Waals surface area contributed by atoms with E-state index in [-0.39, 0.29) is 11.6 Å². The number of aromatic amines is 1. The third kappa shape index (κ3) is 5.89. The van der Waals surface area contributed by atoms with Crippen molar-refractivity contribution in [2.45, 2.75) is 19.9 Å². The van der Waals surface area contributed by atoms with Crippen LogP contribution in [-0.4, -0.2) is 34.0 Å². The van der Waals surface area contributed by atoms with E-state index in [4.69, 9.17) is 11.6 Å². The molecule has 0 fully saturated rings. The van der Waals surface area contributed by atoms with Gasteiger partial charge in [0.2, 0.25) is 0 Å². The molecule has 1 atom stereocenters. The minimum Gasteiger partial charge on any atom is -0.480 e. The van der Waals surface area contributed by atoms with Crippen LogP contribution in [0.3, 0.4) is 0 Å². The van der Waals surface area contributed by atoms with E-state index in [1.807, 2.05) is 0 Å². The summed E-state index contributed by atoms with van der Waals surface area (Å²) in [5, 5.41) is 17.7. The summed E-state index contributed by atoms with van der Waals surface area (Å²) in [5.41, 5.74) is 2.89. The summed E-state index contributed by atoms with van der Waals surface area (Å²) < 4.78 is 0. The normalized spacial score (nSPS) is 11.6. The number of aliphatic carboxylic acids is 1. The first-order chi connectivity index (χ1) is 15.2. The van der Waals surface area contributed by atoms with Crippen LogP contribution in [0.4, 0.5) is 16.2 Å². The molecular formula is C23H23ClN4O4. The van der Waals surface area contributed by atoms with Crippen molar-refractivity contribution in [2.24, 2.45) is 5.92 Å². The highest BCUT2D eigenvalue weighted by Gasteiger charge is 2.24. The second-order valence-electron chi connectivity index (χ2n) is 7.49. The Morgan fingerprint density at radius 1 is 0.938 bits per heavy atom. The van der Waals surface area contributed by atoms with E-state index in [2.05, 4.69) is 20.9 Å². The molecule has 3 rings (SSSR count).